The number of sulfonamides is 2. The lowest BCUT2D eigenvalue weighted by Gasteiger charge is -2.26. The van der Waals surface area contributed by atoms with Gasteiger partial charge in [0.05, 0.1) is 34.5 Å². The van der Waals surface area contributed by atoms with Gasteiger partial charge in [-0.05, 0) is 60.7 Å². The fraction of sp³-hybridized carbons (Fsp3) is 0.208. The molecule has 3 aromatic rings. The molecule has 3 N–H and O–H groups in total. The molecule has 3 aromatic carbocycles. The van der Waals surface area contributed by atoms with Crippen LogP contribution in [0.2, 0.25) is 5.02 Å². The summed E-state index contributed by atoms with van der Waals surface area (Å²) in [5.41, 5.74) is 0.682. The van der Waals surface area contributed by atoms with Gasteiger partial charge in [-0.15, -0.1) is 0 Å². The first-order valence-corrected chi connectivity index (χ1v) is 14.6. The van der Waals surface area contributed by atoms with Crippen LogP contribution in [0, 0.1) is 5.82 Å². The molecule has 0 bridgehead atoms. The van der Waals surface area contributed by atoms with Crippen LogP contribution >= 0.6 is 11.6 Å². The maximum atomic E-state index is 13.2. The molecule has 1 fully saturated rings. The number of ether oxygens (including phenoxy) is 1. The average Bonchev–Trinajstić information content (AvgIpc) is 2.90. The minimum absolute atomic E-state index is 0.0171. The number of hydrogen-bond acceptors (Lipinski definition) is 7. The van der Waals surface area contributed by atoms with Gasteiger partial charge in [0.2, 0.25) is 10.0 Å². The van der Waals surface area contributed by atoms with Crippen LogP contribution in [0.3, 0.4) is 0 Å². The summed E-state index contributed by atoms with van der Waals surface area (Å²) in [5.74, 6) is -1.23. The summed E-state index contributed by atoms with van der Waals surface area (Å²) in [6.07, 6.45) is 0. The molecule has 0 aliphatic carbocycles. The lowest BCUT2D eigenvalue weighted by molar-refractivity contribution is 0.0730. The van der Waals surface area contributed by atoms with Gasteiger partial charge in [-0.1, -0.05) is 11.6 Å². The highest BCUT2D eigenvalue weighted by Crippen LogP contribution is 2.29. The molecule has 10 nitrogen and oxygen atoms in total. The number of anilines is 3. The largest absolute Gasteiger partial charge is 0.386 e. The fourth-order valence-corrected chi connectivity index (χ4v) is 6.73. The van der Waals surface area contributed by atoms with Gasteiger partial charge in [-0.2, -0.15) is 4.31 Å². The van der Waals surface area contributed by atoms with Crippen LogP contribution in [0.5, 0.6) is 0 Å². The standard InChI is InChI=1S/C24H24ClFN4O6S2/c1-27-21-9-7-19(38(34,35)30-10-12-36-13-11-30)15-22(21)28-24(31)16-2-8-20(25)23(14-16)37(32,33)29-18-5-3-17(26)4-6-18/h2-9,14-15,27,29H,10-13H2,1H3,(H,28,31). The van der Waals surface area contributed by atoms with Crippen molar-refractivity contribution in [3.63, 3.8) is 0 Å². The smallest absolute Gasteiger partial charge is 0.263 e. The predicted octanol–water partition coefficient (Wildman–Crippen LogP) is 3.59. The summed E-state index contributed by atoms with van der Waals surface area (Å²) in [6, 6.07) is 12.6. The second kappa shape index (κ2) is 11.3. The number of nitrogens with one attached hydrogen (secondary N) is 3. The van der Waals surface area contributed by atoms with Crippen LogP contribution in [-0.2, 0) is 24.8 Å². The second-order valence-corrected chi connectivity index (χ2v) is 12.2. The molecule has 4 rings (SSSR count). The van der Waals surface area contributed by atoms with Crippen molar-refractivity contribution in [2.45, 2.75) is 9.79 Å². The first-order chi connectivity index (χ1) is 18.0. The van der Waals surface area contributed by atoms with Crippen molar-refractivity contribution in [1.82, 2.24) is 4.31 Å². The van der Waals surface area contributed by atoms with E-state index < -0.39 is 31.8 Å². The van der Waals surface area contributed by atoms with Gasteiger partial charge in [0.1, 0.15) is 10.7 Å². The summed E-state index contributed by atoms with van der Waals surface area (Å²) < 4.78 is 74.0. The highest BCUT2D eigenvalue weighted by atomic mass is 35.5. The summed E-state index contributed by atoms with van der Waals surface area (Å²) in [6.45, 7) is 1.00. The molecule has 1 heterocycles. The Morgan fingerprint density at radius 1 is 0.947 bits per heavy atom. The Kier molecular flexibility index (Phi) is 8.23. The molecule has 14 heteroatoms. The molecular weight excluding hydrogens is 559 g/mol. The van der Waals surface area contributed by atoms with Crippen molar-refractivity contribution < 1.29 is 30.8 Å². The molecule has 1 aliphatic heterocycles. The van der Waals surface area contributed by atoms with Gasteiger partial charge in [-0.3, -0.25) is 9.52 Å². The molecule has 0 unspecified atom stereocenters. The summed E-state index contributed by atoms with van der Waals surface area (Å²) in [7, 11) is -6.45. The molecule has 1 saturated heterocycles. The Bertz CT molecular complexity index is 1560. The number of hydrogen-bond donors (Lipinski definition) is 3. The number of nitrogens with zero attached hydrogens (tertiary/aromatic N) is 1. The zero-order chi connectivity index (χ0) is 27.5. The third-order valence-corrected chi connectivity index (χ3v) is 9.45. The SMILES string of the molecule is CNc1ccc(S(=O)(=O)N2CCOCC2)cc1NC(=O)c1ccc(Cl)c(S(=O)(=O)Nc2ccc(F)cc2)c1. The normalized spacial score (nSPS) is 14.6. The van der Waals surface area contributed by atoms with Gasteiger partial charge >= 0.3 is 0 Å². The van der Waals surface area contributed by atoms with E-state index >= 15 is 0 Å². The van der Waals surface area contributed by atoms with Crippen LogP contribution in [0.25, 0.3) is 0 Å². The zero-order valence-electron chi connectivity index (χ0n) is 20.1. The van der Waals surface area contributed by atoms with Gasteiger partial charge in [0.15, 0.2) is 0 Å². The molecule has 1 aliphatic rings. The minimum Gasteiger partial charge on any atom is -0.386 e. The van der Waals surface area contributed by atoms with Crippen LogP contribution < -0.4 is 15.4 Å². The van der Waals surface area contributed by atoms with E-state index in [-0.39, 0.29) is 58.1 Å². The number of rotatable bonds is 8. The van der Waals surface area contributed by atoms with Crippen molar-refractivity contribution in [3.8, 4) is 0 Å². The monoisotopic (exact) mass is 582 g/mol. The molecule has 202 valence electrons. The van der Waals surface area contributed by atoms with Crippen LogP contribution in [0.4, 0.5) is 21.5 Å². The van der Waals surface area contributed by atoms with Gasteiger partial charge in [0, 0.05) is 31.4 Å². The van der Waals surface area contributed by atoms with Crippen LogP contribution in [0.15, 0.2) is 70.5 Å². The number of carbonyl (C=O) groups is 1. The fourth-order valence-electron chi connectivity index (χ4n) is 3.71. The lowest BCUT2D eigenvalue weighted by atomic mass is 10.2. The molecule has 38 heavy (non-hydrogen) atoms. The summed E-state index contributed by atoms with van der Waals surface area (Å²) >= 11 is 6.13. The highest BCUT2D eigenvalue weighted by Gasteiger charge is 2.27. The van der Waals surface area contributed by atoms with E-state index in [4.69, 9.17) is 16.3 Å². The Labute approximate surface area is 224 Å². The van der Waals surface area contributed by atoms with Crippen molar-refractivity contribution in [2.75, 3.05) is 48.7 Å². The van der Waals surface area contributed by atoms with E-state index in [9.17, 15) is 26.0 Å². The maximum absolute atomic E-state index is 13.2. The van der Waals surface area contributed by atoms with Crippen LogP contribution in [-0.4, -0.2) is 60.4 Å². The third-order valence-electron chi connectivity index (χ3n) is 5.70. The zero-order valence-corrected chi connectivity index (χ0v) is 22.5. The van der Waals surface area contributed by atoms with Crippen molar-refractivity contribution in [2.24, 2.45) is 0 Å². The lowest BCUT2D eigenvalue weighted by Crippen LogP contribution is -2.40. The van der Waals surface area contributed by atoms with E-state index in [1.54, 1.807) is 7.05 Å². The van der Waals surface area contributed by atoms with Gasteiger partial charge in [0.25, 0.3) is 15.9 Å². The number of morpholine rings is 1. The molecule has 1 amide bonds. The van der Waals surface area contributed by atoms with E-state index in [0.29, 0.717) is 5.69 Å². The molecule has 0 atom stereocenters. The number of benzene rings is 3. The highest BCUT2D eigenvalue weighted by molar-refractivity contribution is 7.92. The van der Waals surface area contributed by atoms with E-state index in [2.05, 4.69) is 15.4 Å². The van der Waals surface area contributed by atoms with Gasteiger partial charge in [-0.25, -0.2) is 21.2 Å². The van der Waals surface area contributed by atoms with Crippen LogP contribution in [0.1, 0.15) is 10.4 Å². The molecule has 0 radical (unpaired) electrons. The number of carbonyl (C=O) groups excluding carboxylic acids is 1. The Balaban J connectivity index is 1.61. The number of halogens is 2. The molecule has 0 spiro atoms. The van der Waals surface area contributed by atoms with E-state index in [0.717, 1.165) is 18.2 Å². The van der Waals surface area contributed by atoms with Crippen molar-refractivity contribution in [3.05, 3.63) is 77.1 Å². The molecular formula is C24H24ClFN4O6S2. The first kappa shape index (κ1) is 27.8. The predicted molar refractivity (Wildman–Crippen MR) is 142 cm³/mol. The summed E-state index contributed by atoms with van der Waals surface area (Å²) in [5, 5.41) is 5.39. The van der Waals surface area contributed by atoms with Crippen molar-refractivity contribution in [1.29, 1.82) is 0 Å². The molecule has 0 aromatic heterocycles. The summed E-state index contributed by atoms with van der Waals surface area (Å²) in [4.78, 5) is 12.7. The van der Waals surface area contributed by atoms with E-state index in [1.165, 1.54) is 46.8 Å². The Morgan fingerprint density at radius 2 is 1.63 bits per heavy atom. The second-order valence-electron chi connectivity index (χ2n) is 8.19. The van der Waals surface area contributed by atoms with E-state index in [1.807, 2.05) is 0 Å². The Hall–Kier alpha value is -3.23. The minimum atomic E-state index is -4.23. The average molecular weight is 583 g/mol. The van der Waals surface area contributed by atoms with Gasteiger partial charge < -0.3 is 15.4 Å². The maximum Gasteiger partial charge on any atom is 0.263 e. The first-order valence-electron chi connectivity index (χ1n) is 11.3. The molecule has 0 saturated carbocycles. The Morgan fingerprint density at radius 3 is 2.29 bits per heavy atom. The van der Waals surface area contributed by atoms with Crippen molar-refractivity contribution >= 4 is 54.6 Å². The number of amides is 1. The third kappa shape index (κ3) is 6.08. The quantitative estimate of drug-likeness (QED) is 0.369. The topological polar surface area (TPSA) is 134 Å².